The number of halogens is 2. The number of rotatable bonds is 5. The van der Waals surface area contributed by atoms with E-state index in [1.807, 2.05) is 25.1 Å². The van der Waals surface area contributed by atoms with Gasteiger partial charge in [0.05, 0.1) is 12.1 Å². The molecule has 0 aromatic heterocycles. The maximum Gasteiger partial charge on any atom is 0.0733 e. The quantitative estimate of drug-likeness (QED) is 0.854. The summed E-state index contributed by atoms with van der Waals surface area (Å²) in [5.41, 5.74) is 8.26. The van der Waals surface area contributed by atoms with E-state index in [1.165, 1.54) is 5.56 Å². The Hall–Kier alpha value is -0.0900. The fraction of sp³-hybridized carbons (Fsp3) is 0.571. The molecule has 104 valence electrons. The molecular formula is C14H23BrClNO. The fourth-order valence-corrected chi connectivity index (χ4v) is 2.55. The predicted octanol–water partition coefficient (Wildman–Crippen LogP) is 3.98. The number of aliphatic hydroxyl groups is 1. The Labute approximate surface area is 125 Å². The summed E-state index contributed by atoms with van der Waals surface area (Å²) in [6, 6.07) is 5.73. The van der Waals surface area contributed by atoms with E-state index in [1.54, 1.807) is 0 Å². The maximum absolute atomic E-state index is 10.1. The van der Waals surface area contributed by atoms with Crippen LogP contribution >= 0.6 is 28.3 Å². The van der Waals surface area contributed by atoms with E-state index in [2.05, 4.69) is 29.8 Å². The van der Waals surface area contributed by atoms with Gasteiger partial charge in [-0.3, -0.25) is 0 Å². The molecule has 0 radical (unpaired) electrons. The molecule has 0 saturated carbocycles. The van der Waals surface area contributed by atoms with Crippen LogP contribution in [0.1, 0.15) is 43.9 Å². The van der Waals surface area contributed by atoms with Gasteiger partial charge in [0, 0.05) is 4.47 Å². The zero-order valence-electron chi connectivity index (χ0n) is 11.2. The summed E-state index contributed by atoms with van der Waals surface area (Å²) in [5, 5.41) is 10.1. The van der Waals surface area contributed by atoms with E-state index in [4.69, 9.17) is 5.73 Å². The Kier molecular flexibility index (Phi) is 8.11. The predicted molar refractivity (Wildman–Crippen MR) is 83.1 cm³/mol. The minimum absolute atomic E-state index is 0. The number of nitrogens with two attached hydrogens (primary N) is 1. The van der Waals surface area contributed by atoms with Crippen molar-refractivity contribution in [2.75, 3.05) is 0 Å². The second-order valence-corrected chi connectivity index (χ2v) is 5.94. The molecule has 0 saturated heterocycles. The highest BCUT2D eigenvalue weighted by molar-refractivity contribution is 9.10. The van der Waals surface area contributed by atoms with Crippen molar-refractivity contribution >= 4 is 28.3 Å². The third kappa shape index (κ3) is 5.27. The smallest absolute Gasteiger partial charge is 0.0733 e. The topological polar surface area (TPSA) is 46.2 Å². The molecule has 0 spiro atoms. The molecule has 0 amide bonds. The normalized spacial score (nSPS) is 14.2. The van der Waals surface area contributed by atoms with Gasteiger partial charge in [-0.25, -0.2) is 0 Å². The summed E-state index contributed by atoms with van der Waals surface area (Å²) >= 11 is 3.50. The second-order valence-electron chi connectivity index (χ2n) is 5.09. The molecule has 0 bridgehead atoms. The molecule has 2 atom stereocenters. The first-order valence-corrected chi connectivity index (χ1v) is 6.90. The van der Waals surface area contributed by atoms with Gasteiger partial charge in [0.25, 0.3) is 0 Å². The van der Waals surface area contributed by atoms with Crippen LogP contribution in [0.2, 0.25) is 0 Å². The number of hydrogen-bond acceptors (Lipinski definition) is 2. The SMILES string of the molecule is Cc1ccc([C@@H](N)[C@@H](O)CCC(C)C)c(Br)c1.Cl. The van der Waals surface area contributed by atoms with E-state index in [9.17, 15) is 5.11 Å². The molecule has 0 aliphatic rings. The molecule has 0 aliphatic heterocycles. The van der Waals surface area contributed by atoms with Crippen molar-refractivity contribution in [1.82, 2.24) is 0 Å². The monoisotopic (exact) mass is 335 g/mol. The lowest BCUT2D eigenvalue weighted by molar-refractivity contribution is 0.128. The highest BCUT2D eigenvalue weighted by Crippen LogP contribution is 2.27. The lowest BCUT2D eigenvalue weighted by Crippen LogP contribution is -2.26. The lowest BCUT2D eigenvalue weighted by Gasteiger charge is -2.21. The Morgan fingerprint density at radius 1 is 1.28 bits per heavy atom. The Bertz CT molecular complexity index is 371. The minimum Gasteiger partial charge on any atom is -0.391 e. The van der Waals surface area contributed by atoms with Crippen LogP contribution in [0.25, 0.3) is 0 Å². The van der Waals surface area contributed by atoms with Crippen LogP contribution in [0.15, 0.2) is 22.7 Å². The van der Waals surface area contributed by atoms with Crippen molar-refractivity contribution in [1.29, 1.82) is 0 Å². The molecule has 18 heavy (non-hydrogen) atoms. The second kappa shape index (κ2) is 8.16. The molecule has 0 heterocycles. The first-order chi connectivity index (χ1) is 7.91. The van der Waals surface area contributed by atoms with Crippen molar-refractivity contribution < 1.29 is 5.11 Å². The van der Waals surface area contributed by atoms with Crippen LogP contribution in [0, 0.1) is 12.8 Å². The highest BCUT2D eigenvalue weighted by atomic mass is 79.9. The zero-order chi connectivity index (χ0) is 13.0. The molecule has 1 aromatic rings. The summed E-state index contributed by atoms with van der Waals surface area (Å²) in [6.45, 7) is 6.34. The molecule has 1 aromatic carbocycles. The standard InChI is InChI=1S/C14H22BrNO.ClH/c1-9(2)4-7-13(17)14(16)11-6-5-10(3)8-12(11)15;/h5-6,8-9,13-14,17H,4,7,16H2,1-3H3;1H/t13-,14+;/m0./s1. The third-order valence-electron chi connectivity index (χ3n) is 2.97. The molecule has 0 aliphatic carbocycles. The van der Waals surface area contributed by atoms with E-state index in [0.29, 0.717) is 5.92 Å². The van der Waals surface area contributed by atoms with E-state index >= 15 is 0 Å². The molecular weight excluding hydrogens is 314 g/mol. The molecule has 2 nitrogen and oxygen atoms in total. The largest absolute Gasteiger partial charge is 0.391 e. The summed E-state index contributed by atoms with van der Waals surface area (Å²) in [6.07, 6.45) is 1.27. The van der Waals surface area contributed by atoms with Gasteiger partial charge in [0.1, 0.15) is 0 Å². The summed E-state index contributed by atoms with van der Waals surface area (Å²) < 4.78 is 0.980. The van der Waals surface area contributed by atoms with Gasteiger partial charge in [0.15, 0.2) is 0 Å². The maximum atomic E-state index is 10.1. The third-order valence-corrected chi connectivity index (χ3v) is 3.66. The average Bonchev–Trinajstić information content (AvgIpc) is 2.25. The van der Waals surface area contributed by atoms with Crippen molar-refractivity contribution in [3.63, 3.8) is 0 Å². The van der Waals surface area contributed by atoms with Gasteiger partial charge in [-0.05, 0) is 42.9 Å². The number of aryl methyl sites for hydroxylation is 1. The molecule has 3 N–H and O–H groups in total. The van der Waals surface area contributed by atoms with Crippen LogP contribution in [0.4, 0.5) is 0 Å². The van der Waals surface area contributed by atoms with Gasteiger partial charge in [-0.15, -0.1) is 12.4 Å². The van der Waals surface area contributed by atoms with Gasteiger partial charge in [-0.1, -0.05) is 41.9 Å². The van der Waals surface area contributed by atoms with E-state index < -0.39 is 6.10 Å². The Morgan fingerprint density at radius 3 is 2.39 bits per heavy atom. The Morgan fingerprint density at radius 2 is 1.89 bits per heavy atom. The lowest BCUT2D eigenvalue weighted by atomic mass is 9.95. The van der Waals surface area contributed by atoms with Crippen LogP contribution < -0.4 is 5.73 Å². The minimum atomic E-state index is -0.476. The van der Waals surface area contributed by atoms with Crippen molar-refractivity contribution in [3.8, 4) is 0 Å². The summed E-state index contributed by atoms with van der Waals surface area (Å²) in [4.78, 5) is 0. The van der Waals surface area contributed by atoms with E-state index in [0.717, 1.165) is 22.9 Å². The molecule has 0 fully saturated rings. The number of hydrogen-bond donors (Lipinski definition) is 2. The fourth-order valence-electron chi connectivity index (χ4n) is 1.79. The number of benzene rings is 1. The van der Waals surface area contributed by atoms with Crippen molar-refractivity contribution in [3.05, 3.63) is 33.8 Å². The molecule has 0 unspecified atom stereocenters. The van der Waals surface area contributed by atoms with Crippen molar-refractivity contribution in [2.45, 2.75) is 45.8 Å². The summed E-state index contributed by atoms with van der Waals surface area (Å²) in [5.74, 6) is 0.596. The van der Waals surface area contributed by atoms with Crippen LogP contribution in [-0.2, 0) is 0 Å². The van der Waals surface area contributed by atoms with Gasteiger partial charge in [0.2, 0.25) is 0 Å². The molecule has 4 heteroatoms. The first kappa shape index (κ1) is 17.9. The van der Waals surface area contributed by atoms with Crippen LogP contribution in [-0.4, -0.2) is 11.2 Å². The van der Waals surface area contributed by atoms with E-state index in [-0.39, 0.29) is 18.4 Å². The van der Waals surface area contributed by atoms with Gasteiger partial charge >= 0.3 is 0 Å². The highest BCUT2D eigenvalue weighted by Gasteiger charge is 2.19. The average molecular weight is 337 g/mol. The van der Waals surface area contributed by atoms with Gasteiger partial charge in [-0.2, -0.15) is 0 Å². The molecule has 1 rings (SSSR count). The van der Waals surface area contributed by atoms with Gasteiger partial charge < -0.3 is 10.8 Å². The Balaban J connectivity index is 0.00000289. The van der Waals surface area contributed by atoms with Crippen molar-refractivity contribution in [2.24, 2.45) is 11.7 Å². The summed E-state index contributed by atoms with van der Waals surface area (Å²) in [7, 11) is 0. The van der Waals surface area contributed by atoms with Crippen LogP contribution in [0.3, 0.4) is 0 Å². The number of aliphatic hydroxyl groups excluding tert-OH is 1. The zero-order valence-corrected chi connectivity index (χ0v) is 13.6. The van der Waals surface area contributed by atoms with Crippen LogP contribution in [0.5, 0.6) is 0 Å². The first-order valence-electron chi connectivity index (χ1n) is 6.11.